The fourth-order valence-electron chi connectivity index (χ4n) is 3.93. The molecule has 3 heterocycles. The van der Waals surface area contributed by atoms with E-state index in [9.17, 15) is 9.59 Å². The number of hydrogen-bond acceptors (Lipinski definition) is 4. The van der Waals surface area contributed by atoms with Crippen LogP contribution in [0.3, 0.4) is 0 Å². The van der Waals surface area contributed by atoms with Crippen LogP contribution in [0.15, 0.2) is 53.7 Å². The van der Waals surface area contributed by atoms with E-state index in [2.05, 4.69) is 16.0 Å². The summed E-state index contributed by atoms with van der Waals surface area (Å²) in [6, 6.07) is 13.5. The average molecular weight is 375 g/mol. The number of aromatic nitrogens is 2. The normalized spacial score (nSPS) is 17.4. The van der Waals surface area contributed by atoms with E-state index in [1.807, 2.05) is 50.2 Å². The van der Waals surface area contributed by atoms with Crippen molar-refractivity contribution in [2.45, 2.75) is 24.5 Å². The number of thioether (sulfide) groups is 1. The number of rotatable bonds is 3. The largest absolute Gasteiger partial charge is 0.333 e. The van der Waals surface area contributed by atoms with Crippen LogP contribution in [0.4, 0.5) is 5.69 Å². The highest BCUT2D eigenvalue weighted by molar-refractivity contribution is 7.99. The zero-order chi connectivity index (χ0) is 18.8. The number of aromatic amines is 1. The first kappa shape index (κ1) is 16.3. The molecule has 2 aliphatic heterocycles. The molecule has 134 valence electrons. The standard InChI is InChI=1S/C21H17N3O2S/c1-21(2)10-12(11-27-20-22-15-8-3-4-9-16(15)23-20)13-6-5-7-14-17(13)24(21)19(26)18(14)25/h3-10H,11H2,1-2H3,(H,22,23). The molecular weight excluding hydrogens is 358 g/mol. The predicted molar refractivity (Wildman–Crippen MR) is 107 cm³/mol. The van der Waals surface area contributed by atoms with Crippen molar-refractivity contribution in [3.8, 4) is 0 Å². The Morgan fingerprint density at radius 2 is 1.85 bits per heavy atom. The Morgan fingerprint density at radius 1 is 1.07 bits per heavy atom. The topological polar surface area (TPSA) is 66.1 Å². The van der Waals surface area contributed by atoms with Crippen LogP contribution in [0.1, 0.15) is 29.8 Å². The molecule has 0 aliphatic carbocycles. The lowest BCUT2D eigenvalue weighted by Gasteiger charge is -2.38. The van der Waals surface area contributed by atoms with Gasteiger partial charge in [0.15, 0.2) is 5.16 Å². The molecule has 0 saturated heterocycles. The lowest BCUT2D eigenvalue weighted by Crippen LogP contribution is -2.47. The van der Waals surface area contributed by atoms with E-state index in [-0.39, 0.29) is 0 Å². The third-order valence-corrected chi connectivity index (χ3v) is 6.01. The minimum absolute atomic E-state index is 0.417. The summed E-state index contributed by atoms with van der Waals surface area (Å²) in [5, 5.41) is 0.858. The van der Waals surface area contributed by atoms with Gasteiger partial charge in [0.2, 0.25) is 0 Å². The minimum Gasteiger partial charge on any atom is -0.333 e. The number of benzene rings is 2. The van der Waals surface area contributed by atoms with Gasteiger partial charge in [0.25, 0.3) is 11.7 Å². The molecule has 5 rings (SSSR count). The van der Waals surface area contributed by atoms with Crippen LogP contribution >= 0.6 is 11.8 Å². The number of carbonyl (C=O) groups is 2. The summed E-state index contributed by atoms with van der Waals surface area (Å²) in [5.74, 6) is -0.155. The summed E-state index contributed by atoms with van der Waals surface area (Å²) in [6.45, 7) is 3.93. The Balaban J connectivity index is 1.53. The van der Waals surface area contributed by atoms with E-state index in [0.29, 0.717) is 11.3 Å². The lowest BCUT2D eigenvalue weighted by atomic mass is 9.89. The second-order valence-electron chi connectivity index (χ2n) is 7.34. The molecule has 0 atom stereocenters. The number of Topliss-reactive ketones (excluding diaryl/α,β-unsaturated/α-hetero) is 1. The van der Waals surface area contributed by atoms with Crippen LogP contribution in [0.2, 0.25) is 0 Å². The van der Waals surface area contributed by atoms with E-state index in [1.165, 1.54) is 0 Å². The number of H-pyrrole nitrogens is 1. The van der Waals surface area contributed by atoms with Crippen LogP contribution in [0, 0.1) is 0 Å². The van der Waals surface area contributed by atoms with Crippen molar-refractivity contribution in [2.24, 2.45) is 0 Å². The molecule has 0 bridgehead atoms. The molecule has 0 radical (unpaired) electrons. The second kappa shape index (κ2) is 5.57. The summed E-state index contributed by atoms with van der Waals surface area (Å²) in [6.07, 6.45) is 2.09. The van der Waals surface area contributed by atoms with Crippen LogP contribution < -0.4 is 4.90 Å². The highest BCUT2D eigenvalue weighted by Gasteiger charge is 2.46. The third-order valence-electron chi connectivity index (χ3n) is 5.08. The molecule has 1 N–H and O–H groups in total. The Bertz CT molecular complexity index is 1130. The number of ketones is 1. The van der Waals surface area contributed by atoms with Gasteiger partial charge in [-0.05, 0) is 37.6 Å². The average Bonchev–Trinajstić information content (AvgIpc) is 3.17. The van der Waals surface area contributed by atoms with Crippen LogP contribution in [-0.2, 0) is 4.79 Å². The van der Waals surface area contributed by atoms with Crippen molar-refractivity contribution in [3.63, 3.8) is 0 Å². The number of fused-ring (bicyclic) bond motifs is 1. The fourth-order valence-corrected chi connectivity index (χ4v) is 4.80. The molecule has 3 aromatic rings. The molecule has 0 spiro atoms. The highest BCUT2D eigenvalue weighted by Crippen LogP contribution is 2.46. The summed E-state index contributed by atoms with van der Waals surface area (Å²) in [7, 11) is 0. The van der Waals surface area contributed by atoms with Crippen LogP contribution in [0.25, 0.3) is 16.6 Å². The van der Waals surface area contributed by atoms with Crippen molar-refractivity contribution >= 4 is 45.7 Å². The smallest absolute Gasteiger partial charge is 0.300 e. The maximum atomic E-state index is 12.5. The van der Waals surface area contributed by atoms with E-state index < -0.39 is 17.2 Å². The van der Waals surface area contributed by atoms with Gasteiger partial charge in [0, 0.05) is 11.3 Å². The number of nitrogens with one attached hydrogen (secondary N) is 1. The Labute approximate surface area is 160 Å². The predicted octanol–water partition coefficient (Wildman–Crippen LogP) is 4.06. The maximum absolute atomic E-state index is 12.5. The maximum Gasteiger partial charge on any atom is 0.300 e. The van der Waals surface area contributed by atoms with Crippen molar-refractivity contribution in [1.29, 1.82) is 0 Å². The van der Waals surface area contributed by atoms with Gasteiger partial charge in [0.1, 0.15) is 0 Å². The molecule has 2 aliphatic rings. The first-order chi connectivity index (χ1) is 13.0. The quantitative estimate of drug-likeness (QED) is 0.554. The van der Waals surface area contributed by atoms with Crippen LogP contribution in [0.5, 0.6) is 0 Å². The number of carbonyl (C=O) groups excluding carboxylic acids is 2. The van der Waals surface area contributed by atoms with Gasteiger partial charge >= 0.3 is 0 Å². The summed E-state index contributed by atoms with van der Waals surface area (Å²) < 4.78 is 0. The summed E-state index contributed by atoms with van der Waals surface area (Å²) in [5.41, 5.74) is 4.73. The first-order valence-corrected chi connectivity index (χ1v) is 9.76. The van der Waals surface area contributed by atoms with Crippen LogP contribution in [-0.4, -0.2) is 33.0 Å². The van der Waals surface area contributed by atoms with Crippen molar-refractivity contribution in [3.05, 3.63) is 59.7 Å². The number of anilines is 1. The molecule has 0 saturated carbocycles. The van der Waals surface area contributed by atoms with Gasteiger partial charge in [-0.1, -0.05) is 42.1 Å². The van der Waals surface area contributed by atoms with Gasteiger partial charge in [-0.25, -0.2) is 4.98 Å². The zero-order valence-electron chi connectivity index (χ0n) is 14.9. The summed E-state index contributed by atoms with van der Waals surface area (Å²) in [4.78, 5) is 34.5. The minimum atomic E-state index is -0.546. The molecule has 0 fully saturated rings. The van der Waals surface area contributed by atoms with Gasteiger partial charge in [-0.2, -0.15) is 0 Å². The Morgan fingerprint density at radius 3 is 2.67 bits per heavy atom. The monoisotopic (exact) mass is 375 g/mol. The SMILES string of the molecule is CC1(C)C=C(CSc2nc3ccccc3[nH]2)c2cccc3c2N1C(=O)C3=O. The molecule has 6 heteroatoms. The van der Waals surface area contributed by atoms with Gasteiger partial charge in [-0.15, -0.1) is 0 Å². The van der Waals surface area contributed by atoms with Crippen molar-refractivity contribution in [2.75, 3.05) is 10.7 Å². The number of nitrogens with zero attached hydrogens (tertiary/aromatic N) is 2. The van der Waals surface area contributed by atoms with Gasteiger partial charge in [0.05, 0.1) is 27.8 Å². The van der Waals surface area contributed by atoms with Gasteiger partial charge in [-0.3, -0.25) is 14.5 Å². The Hall–Kier alpha value is -2.86. The molecule has 0 unspecified atom stereocenters. The second-order valence-corrected chi connectivity index (χ2v) is 8.31. The van der Waals surface area contributed by atoms with E-state index >= 15 is 0 Å². The Kier molecular flexibility index (Phi) is 3.37. The summed E-state index contributed by atoms with van der Waals surface area (Å²) >= 11 is 1.62. The lowest BCUT2D eigenvalue weighted by molar-refractivity contribution is -0.115. The number of hydrogen-bond donors (Lipinski definition) is 1. The number of imidazole rings is 1. The molecule has 27 heavy (non-hydrogen) atoms. The van der Waals surface area contributed by atoms with Crippen molar-refractivity contribution in [1.82, 2.24) is 9.97 Å². The number of para-hydroxylation sites is 3. The molecule has 2 aromatic carbocycles. The van der Waals surface area contributed by atoms with E-state index in [1.54, 1.807) is 22.7 Å². The fraction of sp³-hybridized carbons (Fsp3) is 0.190. The first-order valence-electron chi connectivity index (χ1n) is 8.77. The molecule has 5 nitrogen and oxygen atoms in total. The highest BCUT2D eigenvalue weighted by atomic mass is 32.2. The third kappa shape index (κ3) is 2.36. The zero-order valence-corrected chi connectivity index (χ0v) is 15.8. The van der Waals surface area contributed by atoms with Crippen molar-refractivity contribution < 1.29 is 9.59 Å². The van der Waals surface area contributed by atoms with Gasteiger partial charge < -0.3 is 4.98 Å². The van der Waals surface area contributed by atoms with E-state index in [0.717, 1.165) is 33.0 Å². The molecular formula is C21H17N3O2S. The molecule has 1 amide bonds. The number of amides is 1. The molecule has 1 aromatic heterocycles. The van der Waals surface area contributed by atoms with E-state index in [4.69, 9.17) is 0 Å².